The van der Waals surface area contributed by atoms with Gasteiger partial charge >= 0.3 is 6.03 Å². The fourth-order valence-corrected chi connectivity index (χ4v) is 3.78. The third-order valence-corrected chi connectivity index (χ3v) is 4.92. The molecular formula is C13H17N3O3S. The predicted octanol–water partition coefficient (Wildman–Crippen LogP) is 1.37. The number of hydrogen-bond acceptors (Lipinski definition) is 3. The number of carbonyl (C=O) groups is 1. The molecule has 1 aliphatic heterocycles. The second-order valence-electron chi connectivity index (χ2n) is 5.26. The molecule has 2 amide bonds. The van der Waals surface area contributed by atoms with Gasteiger partial charge in [-0.2, -0.15) is 0 Å². The minimum atomic E-state index is -3.26. The van der Waals surface area contributed by atoms with Crippen LogP contribution in [0.25, 0.3) is 0 Å². The molecule has 3 rings (SSSR count). The number of nitrogens with zero attached hydrogens (tertiary/aromatic N) is 1. The normalized spacial score (nSPS) is 19.0. The van der Waals surface area contributed by atoms with Crippen molar-refractivity contribution in [2.45, 2.75) is 12.8 Å². The topological polar surface area (TPSA) is 78.5 Å². The minimum absolute atomic E-state index is 0.118. The zero-order valence-corrected chi connectivity index (χ0v) is 11.8. The van der Waals surface area contributed by atoms with E-state index in [1.165, 1.54) is 0 Å². The summed E-state index contributed by atoms with van der Waals surface area (Å²) in [5.41, 5.74) is 1.30. The molecular weight excluding hydrogens is 278 g/mol. The summed E-state index contributed by atoms with van der Waals surface area (Å²) in [5.74, 6) is 0.517. The Morgan fingerprint density at radius 3 is 2.50 bits per heavy atom. The van der Waals surface area contributed by atoms with Gasteiger partial charge in [-0.3, -0.25) is 9.62 Å². The van der Waals surface area contributed by atoms with Gasteiger partial charge in [-0.05, 0) is 43.0 Å². The average molecular weight is 295 g/mol. The summed E-state index contributed by atoms with van der Waals surface area (Å²) in [4.78, 5) is 13.1. The molecule has 108 valence electrons. The molecule has 0 atom stereocenters. The maximum Gasteiger partial charge on any atom is 0.321 e. The summed E-state index contributed by atoms with van der Waals surface area (Å²) >= 11 is 0. The highest BCUT2D eigenvalue weighted by Gasteiger charge is 2.28. The van der Waals surface area contributed by atoms with Gasteiger partial charge in [0.2, 0.25) is 10.0 Å². The summed E-state index contributed by atoms with van der Waals surface area (Å²) in [5, 5.41) is 2.72. The SMILES string of the molecule is O=C1NCCN1c1ccc(NS(=O)(=O)CC2CC2)cc1. The van der Waals surface area contributed by atoms with Crippen LogP contribution in [0.4, 0.5) is 16.2 Å². The summed E-state index contributed by atoms with van der Waals surface area (Å²) in [6, 6.07) is 6.75. The smallest absolute Gasteiger partial charge is 0.321 e. The Bertz CT molecular complexity index is 608. The lowest BCUT2D eigenvalue weighted by molar-refractivity contribution is 0.252. The Morgan fingerprint density at radius 2 is 1.95 bits per heavy atom. The van der Waals surface area contributed by atoms with Crippen LogP contribution in [0.2, 0.25) is 0 Å². The Balaban J connectivity index is 1.68. The number of rotatable bonds is 5. The molecule has 7 heteroatoms. The highest BCUT2D eigenvalue weighted by atomic mass is 32.2. The highest BCUT2D eigenvalue weighted by Crippen LogP contribution is 2.30. The lowest BCUT2D eigenvalue weighted by Crippen LogP contribution is -2.27. The summed E-state index contributed by atoms with van der Waals surface area (Å²) in [6.07, 6.45) is 2.01. The average Bonchev–Trinajstić information content (AvgIpc) is 3.08. The van der Waals surface area contributed by atoms with E-state index >= 15 is 0 Å². The van der Waals surface area contributed by atoms with Crippen LogP contribution in [0.15, 0.2) is 24.3 Å². The maximum absolute atomic E-state index is 11.9. The van der Waals surface area contributed by atoms with Crippen molar-refractivity contribution >= 4 is 27.4 Å². The molecule has 2 aliphatic rings. The second-order valence-corrected chi connectivity index (χ2v) is 7.02. The van der Waals surface area contributed by atoms with Crippen LogP contribution in [0, 0.1) is 5.92 Å². The van der Waals surface area contributed by atoms with Gasteiger partial charge in [0.15, 0.2) is 0 Å². The monoisotopic (exact) mass is 295 g/mol. The van der Waals surface area contributed by atoms with E-state index in [-0.39, 0.29) is 11.8 Å². The van der Waals surface area contributed by atoms with Crippen molar-refractivity contribution in [2.24, 2.45) is 5.92 Å². The van der Waals surface area contributed by atoms with E-state index in [4.69, 9.17) is 0 Å². The molecule has 0 spiro atoms. The molecule has 1 heterocycles. The molecule has 0 bridgehead atoms. The van der Waals surface area contributed by atoms with E-state index < -0.39 is 10.0 Å². The van der Waals surface area contributed by atoms with E-state index in [0.29, 0.717) is 24.7 Å². The Morgan fingerprint density at radius 1 is 1.25 bits per heavy atom. The van der Waals surface area contributed by atoms with Gasteiger partial charge in [-0.1, -0.05) is 0 Å². The number of hydrogen-bond donors (Lipinski definition) is 2. The first-order chi connectivity index (χ1) is 9.53. The molecule has 0 aromatic heterocycles. The van der Waals surface area contributed by atoms with Gasteiger partial charge in [-0.15, -0.1) is 0 Å². The Labute approximate surface area is 118 Å². The number of anilines is 2. The molecule has 1 aromatic carbocycles. The first-order valence-corrected chi connectivity index (χ1v) is 8.35. The number of benzene rings is 1. The van der Waals surface area contributed by atoms with Gasteiger partial charge in [0.05, 0.1) is 5.75 Å². The van der Waals surface area contributed by atoms with E-state index in [1.54, 1.807) is 29.2 Å². The number of carbonyl (C=O) groups excluding carboxylic acids is 1. The predicted molar refractivity (Wildman–Crippen MR) is 77.3 cm³/mol. The molecule has 1 aromatic rings. The van der Waals surface area contributed by atoms with Crippen molar-refractivity contribution < 1.29 is 13.2 Å². The van der Waals surface area contributed by atoms with Crippen molar-refractivity contribution in [3.8, 4) is 0 Å². The molecule has 20 heavy (non-hydrogen) atoms. The number of sulfonamides is 1. The van der Waals surface area contributed by atoms with Crippen LogP contribution < -0.4 is 14.9 Å². The van der Waals surface area contributed by atoms with E-state index in [0.717, 1.165) is 18.5 Å². The zero-order chi connectivity index (χ0) is 14.2. The molecule has 2 N–H and O–H groups in total. The second kappa shape index (κ2) is 4.97. The van der Waals surface area contributed by atoms with Crippen molar-refractivity contribution in [1.29, 1.82) is 0 Å². The van der Waals surface area contributed by atoms with E-state index in [1.807, 2.05) is 0 Å². The van der Waals surface area contributed by atoms with Crippen molar-refractivity contribution in [1.82, 2.24) is 5.32 Å². The number of amides is 2. The molecule has 1 saturated carbocycles. The Kier molecular flexibility index (Phi) is 3.29. The molecule has 1 aliphatic carbocycles. The molecule has 0 unspecified atom stereocenters. The third-order valence-electron chi connectivity index (χ3n) is 3.46. The van der Waals surface area contributed by atoms with Gasteiger partial charge in [0.1, 0.15) is 0 Å². The third kappa shape index (κ3) is 3.04. The van der Waals surface area contributed by atoms with Gasteiger partial charge in [0, 0.05) is 24.5 Å². The Hall–Kier alpha value is -1.76. The quantitative estimate of drug-likeness (QED) is 0.861. The molecule has 1 saturated heterocycles. The summed E-state index contributed by atoms with van der Waals surface area (Å²) in [7, 11) is -3.26. The lowest BCUT2D eigenvalue weighted by atomic mass is 10.2. The van der Waals surface area contributed by atoms with Crippen molar-refractivity contribution in [2.75, 3.05) is 28.5 Å². The van der Waals surface area contributed by atoms with Gasteiger partial charge in [0.25, 0.3) is 0 Å². The maximum atomic E-state index is 11.9. The van der Waals surface area contributed by atoms with Crippen molar-refractivity contribution in [3.05, 3.63) is 24.3 Å². The summed E-state index contributed by atoms with van der Waals surface area (Å²) in [6.45, 7) is 1.26. The van der Waals surface area contributed by atoms with E-state index in [2.05, 4.69) is 10.0 Å². The number of urea groups is 1. The van der Waals surface area contributed by atoms with Gasteiger partial charge < -0.3 is 5.32 Å². The van der Waals surface area contributed by atoms with Crippen LogP contribution in [0.3, 0.4) is 0 Å². The molecule has 0 radical (unpaired) electrons. The number of nitrogens with one attached hydrogen (secondary N) is 2. The van der Waals surface area contributed by atoms with Crippen molar-refractivity contribution in [3.63, 3.8) is 0 Å². The van der Waals surface area contributed by atoms with Gasteiger partial charge in [-0.25, -0.2) is 13.2 Å². The van der Waals surface area contributed by atoms with Crippen LogP contribution in [0.5, 0.6) is 0 Å². The van der Waals surface area contributed by atoms with Crippen LogP contribution in [-0.2, 0) is 10.0 Å². The van der Waals surface area contributed by atoms with Crippen LogP contribution in [-0.4, -0.2) is 33.3 Å². The minimum Gasteiger partial charge on any atom is -0.336 e. The van der Waals surface area contributed by atoms with Crippen LogP contribution in [0.1, 0.15) is 12.8 Å². The molecule has 6 nitrogen and oxygen atoms in total. The fraction of sp³-hybridized carbons (Fsp3) is 0.462. The van der Waals surface area contributed by atoms with E-state index in [9.17, 15) is 13.2 Å². The first kappa shape index (κ1) is 13.2. The largest absolute Gasteiger partial charge is 0.336 e. The highest BCUT2D eigenvalue weighted by molar-refractivity contribution is 7.92. The first-order valence-electron chi connectivity index (χ1n) is 6.69. The summed E-state index contributed by atoms with van der Waals surface area (Å²) < 4.78 is 26.3. The molecule has 2 fully saturated rings. The fourth-order valence-electron chi connectivity index (χ4n) is 2.24. The zero-order valence-electron chi connectivity index (χ0n) is 11.0. The standard InChI is InChI=1S/C13H17N3O3S/c17-13-14-7-8-16(13)12-5-3-11(4-6-12)15-20(18,19)9-10-1-2-10/h3-6,10,15H,1-2,7-9H2,(H,14,17). The lowest BCUT2D eigenvalue weighted by Gasteiger charge is -2.15. The van der Waals surface area contributed by atoms with Crippen LogP contribution >= 0.6 is 0 Å².